The van der Waals surface area contributed by atoms with Gasteiger partial charge in [0, 0.05) is 46.4 Å². The normalized spacial score (nSPS) is 18.6. The van der Waals surface area contributed by atoms with E-state index in [1.165, 1.54) is 0 Å². The molecule has 2 fully saturated rings. The molecule has 3 atom stereocenters. The van der Waals surface area contributed by atoms with Crippen LogP contribution in [0.4, 0.5) is 10.5 Å². The standard InChI is InChI=1S/C34H56N4O11/c1-7-34(31(41)47-8-2,11-13-44-15-17-46-18-16-45-14-12-35-32(42)49-33(3,4)5)37-29(40)27-9-10-28(38-20-26(21-38)43-6)30(36-27)48-23-25-19-24(25)22-39/h9-10,24-26,39H,7-8,11-23H2,1-6H3,(H,35,42)(H,37,40)/t24-,25-,34-/m1/s1. The molecule has 15 heteroatoms. The zero-order chi connectivity index (χ0) is 35.9. The Balaban J connectivity index is 1.47. The van der Waals surface area contributed by atoms with Crippen LogP contribution in [0, 0.1) is 11.8 Å². The number of nitrogens with zero attached hydrogens (tertiary/aromatic N) is 2. The van der Waals surface area contributed by atoms with Gasteiger partial charge in [-0.1, -0.05) is 6.92 Å². The van der Waals surface area contributed by atoms with Gasteiger partial charge in [0.2, 0.25) is 5.88 Å². The topological polar surface area (TPSA) is 176 Å². The second-order valence-corrected chi connectivity index (χ2v) is 13.2. The third-order valence-corrected chi connectivity index (χ3v) is 8.29. The third kappa shape index (κ3) is 13.2. The first-order chi connectivity index (χ1) is 23.4. The molecule has 2 heterocycles. The van der Waals surface area contributed by atoms with Gasteiger partial charge in [0.1, 0.15) is 22.5 Å². The fourth-order valence-corrected chi connectivity index (χ4v) is 5.12. The number of methoxy groups -OCH3 is 1. The molecule has 0 bridgehead atoms. The number of carbonyl (C=O) groups excluding carboxylic acids is 3. The number of aromatic nitrogens is 1. The van der Waals surface area contributed by atoms with Gasteiger partial charge in [0.25, 0.3) is 5.91 Å². The molecular formula is C34H56N4O11. The first kappa shape index (κ1) is 40.2. The zero-order valence-electron chi connectivity index (χ0n) is 29.9. The molecule has 1 saturated carbocycles. The molecule has 1 saturated heterocycles. The average Bonchev–Trinajstić information content (AvgIpc) is 3.81. The van der Waals surface area contributed by atoms with E-state index in [-0.39, 0.29) is 62.9 Å². The van der Waals surface area contributed by atoms with E-state index in [4.69, 9.17) is 33.2 Å². The number of amides is 2. The predicted octanol–water partition coefficient (Wildman–Crippen LogP) is 2.33. The lowest BCUT2D eigenvalue weighted by atomic mass is 9.92. The van der Waals surface area contributed by atoms with Crippen molar-refractivity contribution in [3.63, 3.8) is 0 Å². The van der Waals surface area contributed by atoms with E-state index in [0.29, 0.717) is 58.5 Å². The first-order valence-electron chi connectivity index (χ1n) is 17.2. The summed E-state index contributed by atoms with van der Waals surface area (Å²) in [5.41, 5.74) is -1.02. The molecule has 1 aromatic heterocycles. The van der Waals surface area contributed by atoms with Crippen LogP contribution in [0.1, 0.15) is 64.4 Å². The number of aliphatic hydroxyl groups excluding tert-OH is 1. The summed E-state index contributed by atoms with van der Waals surface area (Å²) in [4.78, 5) is 45.0. The molecule has 0 spiro atoms. The minimum absolute atomic E-state index is 0.108. The van der Waals surface area contributed by atoms with Crippen LogP contribution in [-0.4, -0.2) is 132 Å². The quantitative estimate of drug-likeness (QED) is 0.112. The van der Waals surface area contributed by atoms with Crippen molar-refractivity contribution in [1.82, 2.24) is 15.6 Å². The molecule has 0 radical (unpaired) electrons. The SMILES string of the molecule is CCOC(=O)[C@@](CC)(CCOCCOCCOCCNC(=O)OC(C)(C)C)NC(=O)c1ccc(N2CC(OC)C2)c(OC[C@H]2C[C@@H]2CO)n1. The van der Waals surface area contributed by atoms with Crippen molar-refractivity contribution in [3.05, 3.63) is 17.8 Å². The van der Waals surface area contributed by atoms with Gasteiger partial charge in [-0.2, -0.15) is 0 Å². The third-order valence-electron chi connectivity index (χ3n) is 8.29. The molecule has 0 unspecified atom stereocenters. The summed E-state index contributed by atoms with van der Waals surface area (Å²) in [6, 6.07) is 3.42. The van der Waals surface area contributed by atoms with Crippen molar-refractivity contribution in [2.24, 2.45) is 11.8 Å². The molecule has 1 aromatic rings. The highest BCUT2D eigenvalue weighted by atomic mass is 16.6. The van der Waals surface area contributed by atoms with E-state index < -0.39 is 29.1 Å². The maximum Gasteiger partial charge on any atom is 0.407 e. The van der Waals surface area contributed by atoms with Crippen LogP contribution < -0.4 is 20.3 Å². The second-order valence-electron chi connectivity index (χ2n) is 13.2. The summed E-state index contributed by atoms with van der Waals surface area (Å²) >= 11 is 0. The molecule has 278 valence electrons. The summed E-state index contributed by atoms with van der Waals surface area (Å²) in [6.07, 6.45) is 0.963. The highest BCUT2D eigenvalue weighted by Gasteiger charge is 2.41. The Morgan fingerprint density at radius 3 is 2.24 bits per heavy atom. The van der Waals surface area contributed by atoms with Crippen LogP contribution in [0.25, 0.3) is 0 Å². The average molecular weight is 697 g/mol. The molecule has 1 aliphatic heterocycles. The van der Waals surface area contributed by atoms with E-state index in [2.05, 4.69) is 20.5 Å². The lowest BCUT2D eigenvalue weighted by Gasteiger charge is -2.40. The molecule has 49 heavy (non-hydrogen) atoms. The highest BCUT2D eigenvalue weighted by molar-refractivity contribution is 5.97. The number of nitrogens with one attached hydrogen (secondary N) is 2. The number of rotatable bonds is 23. The van der Waals surface area contributed by atoms with E-state index in [9.17, 15) is 19.5 Å². The number of aliphatic hydroxyl groups is 1. The monoisotopic (exact) mass is 696 g/mol. The first-order valence-corrected chi connectivity index (χ1v) is 17.2. The molecule has 0 aromatic carbocycles. The van der Waals surface area contributed by atoms with Crippen LogP contribution in [0.2, 0.25) is 0 Å². The molecular weight excluding hydrogens is 640 g/mol. The van der Waals surface area contributed by atoms with Crippen molar-refractivity contribution in [3.8, 4) is 5.88 Å². The number of hydrogen-bond acceptors (Lipinski definition) is 13. The molecule has 1 aliphatic carbocycles. The highest BCUT2D eigenvalue weighted by Crippen LogP contribution is 2.39. The van der Waals surface area contributed by atoms with Gasteiger partial charge in [0.05, 0.1) is 52.4 Å². The summed E-state index contributed by atoms with van der Waals surface area (Å²) in [5.74, 6) is -0.285. The molecule has 2 amide bonds. The lowest BCUT2D eigenvalue weighted by molar-refractivity contribution is -0.152. The van der Waals surface area contributed by atoms with Crippen molar-refractivity contribution in [1.29, 1.82) is 0 Å². The van der Waals surface area contributed by atoms with Crippen molar-refractivity contribution >= 4 is 23.7 Å². The minimum Gasteiger partial charge on any atom is -0.476 e. The van der Waals surface area contributed by atoms with Crippen LogP contribution in [-0.2, 0) is 33.2 Å². The van der Waals surface area contributed by atoms with Crippen LogP contribution >= 0.6 is 0 Å². The largest absolute Gasteiger partial charge is 0.476 e. The number of carbonyl (C=O) groups is 3. The Bertz CT molecular complexity index is 1190. The van der Waals surface area contributed by atoms with Gasteiger partial charge in [0.15, 0.2) is 0 Å². The van der Waals surface area contributed by atoms with E-state index in [0.717, 1.165) is 12.1 Å². The van der Waals surface area contributed by atoms with Gasteiger partial charge >= 0.3 is 12.1 Å². The minimum atomic E-state index is -1.33. The van der Waals surface area contributed by atoms with Crippen molar-refractivity contribution in [2.75, 3.05) is 91.1 Å². The predicted molar refractivity (Wildman–Crippen MR) is 180 cm³/mol. The van der Waals surface area contributed by atoms with Gasteiger partial charge in [-0.25, -0.2) is 14.6 Å². The molecule has 2 aliphatic rings. The number of ether oxygens (including phenoxy) is 7. The summed E-state index contributed by atoms with van der Waals surface area (Å²) in [6.45, 7) is 13.0. The Labute approximate surface area is 289 Å². The number of hydrogen-bond donors (Lipinski definition) is 3. The van der Waals surface area contributed by atoms with Gasteiger partial charge in [-0.15, -0.1) is 0 Å². The number of anilines is 1. The van der Waals surface area contributed by atoms with Gasteiger partial charge in [-0.05, 0) is 64.5 Å². The summed E-state index contributed by atoms with van der Waals surface area (Å²) in [7, 11) is 1.67. The van der Waals surface area contributed by atoms with Crippen LogP contribution in [0.5, 0.6) is 5.88 Å². The second kappa shape index (κ2) is 19.8. The lowest BCUT2D eigenvalue weighted by Crippen LogP contribution is -2.55. The van der Waals surface area contributed by atoms with Gasteiger partial charge < -0.3 is 53.8 Å². The zero-order valence-corrected chi connectivity index (χ0v) is 29.9. The van der Waals surface area contributed by atoms with Gasteiger partial charge in [-0.3, -0.25) is 4.79 Å². The number of pyridine rings is 1. The maximum absolute atomic E-state index is 13.6. The van der Waals surface area contributed by atoms with Crippen LogP contribution in [0.3, 0.4) is 0 Å². The number of esters is 1. The van der Waals surface area contributed by atoms with E-state index in [1.807, 2.05) is 0 Å². The Kier molecular flexibility index (Phi) is 16.3. The summed E-state index contributed by atoms with van der Waals surface area (Å²) < 4.78 is 38.7. The molecule has 3 N–H and O–H groups in total. The smallest absolute Gasteiger partial charge is 0.407 e. The summed E-state index contributed by atoms with van der Waals surface area (Å²) in [5, 5.41) is 14.9. The van der Waals surface area contributed by atoms with E-state index in [1.54, 1.807) is 53.9 Å². The maximum atomic E-state index is 13.6. The fraction of sp³-hybridized carbons (Fsp3) is 0.765. The Morgan fingerprint density at radius 2 is 1.65 bits per heavy atom. The van der Waals surface area contributed by atoms with E-state index >= 15 is 0 Å². The molecule has 15 nitrogen and oxygen atoms in total. The Hall–Kier alpha value is -3.24. The van der Waals surface area contributed by atoms with Crippen LogP contribution in [0.15, 0.2) is 12.1 Å². The van der Waals surface area contributed by atoms with Crippen molar-refractivity contribution < 1.29 is 52.6 Å². The fourth-order valence-electron chi connectivity index (χ4n) is 5.12. The Morgan fingerprint density at radius 1 is 0.980 bits per heavy atom. The van der Waals surface area contributed by atoms with Crippen molar-refractivity contribution in [2.45, 2.75) is 71.1 Å². The molecule has 3 rings (SSSR count). The number of alkyl carbamates (subject to hydrolysis) is 1.